The van der Waals surface area contributed by atoms with Crippen molar-refractivity contribution in [1.82, 2.24) is 0 Å². The molecule has 1 aliphatic heterocycles. The van der Waals surface area contributed by atoms with Crippen LogP contribution in [0.15, 0.2) is 22.7 Å². The normalized spacial score (nSPS) is 22.6. The van der Waals surface area contributed by atoms with Crippen molar-refractivity contribution in [3.05, 3.63) is 33.3 Å². The van der Waals surface area contributed by atoms with Crippen LogP contribution < -0.4 is 0 Å². The van der Waals surface area contributed by atoms with Crippen LogP contribution in [0.4, 0.5) is 0 Å². The summed E-state index contributed by atoms with van der Waals surface area (Å²) in [5, 5.41) is 0.470. The molecule has 3 nitrogen and oxygen atoms in total. The van der Waals surface area contributed by atoms with Crippen LogP contribution in [-0.4, -0.2) is 25.7 Å². The molecule has 0 aliphatic carbocycles. The predicted molar refractivity (Wildman–Crippen MR) is 70.2 cm³/mol. The first-order chi connectivity index (χ1) is 7.89. The third kappa shape index (κ3) is 2.89. The molecular weight excluding hydrogens is 328 g/mol. The minimum absolute atomic E-state index is 0.0508. The van der Waals surface area contributed by atoms with Gasteiger partial charge >= 0.3 is 0 Å². The van der Waals surface area contributed by atoms with Gasteiger partial charge in [-0.1, -0.05) is 27.5 Å². The lowest BCUT2D eigenvalue weighted by Gasteiger charge is -2.08. The Bertz CT molecular complexity index is 568. The Labute approximate surface area is 113 Å². The van der Waals surface area contributed by atoms with E-state index in [1.165, 1.54) is 0 Å². The fraction of sp³-hybridized carbons (Fsp3) is 0.364. The van der Waals surface area contributed by atoms with Crippen molar-refractivity contribution in [2.75, 3.05) is 11.5 Å². The van der Waals surface area contributed by atoms with Crippen molar-refractivity contribution < 1.29 is 13.2 Å². The number of ketones is 1. The topological polar surface area (TPSA) is 51.2 Å². The second-order valence-electron chi connectivity index (χ2n) is 4.09. The lowest BCUT2D eigenvalue weighted by Crippen LogP contribution is -2.16. The quantitative estimate of drug-likeness (QED) is 0.780. The number of halogens is 2. The van der Waals surface area contributed by atoms with Crippen LogP contribution in [0.5, 0.6) is 0 Å². The Morgan fingerprint density at radius 2 is 2.12 bits per heavy atom. The van der Waals surface area contributed by atoms with E-state index in [0.29, 0.717) is 21.5 Å². The third-order valence-electron chi connectivity index (χ3n) is 2.80. The van der Waals surface area contributed by atoms with Crippen molar-refractivity contribution >= 4 is 43.2 Å². The molecule has 1 atom stereocenters. The fourth-order valence-electron chi connectivity index (χ4n) is 1.91. The zero-order valence-electron chi connectivity index (χ0n) is 8.82. The maximum absolute atomic E-state index is 12.2. The average molecular weight is 338 g/mol. The monoisotopic (exact) mass is 336 g/mol. The summed E-state index contributed by atoms with van der Waals surface area (Å²) in [4.78, 5) is 12.2. The Morgan fingerprint density at radius 1 is 1.41 bits per heavy atom. The van der Waals surface area contributed by atoms with Crippen molar-refractivity contribution in [1.29, 1.82) is 0 Å². The number of sulfone groups is 1. The Hall–Kier alpha value is -0.390. The largest absolute Gasteiger partial charge is 0.294 e. The molecule has 17 heavy (non-hydrogen) atoms. The van der Waals surface area contributed by atoms with Gasteiger partial charge in [0.05, 0.1) is 11.5 Å². The fourth-order valence-corrected chi connectivity index (χ4v) is 4.26. The molecule has 1 saturated heterocycles. The van der Waals surface area contributed by atoms with Gasteiger partial charge in [0.2, 0.25) is 0 Å². The minimum Gasteiger partial charge on any atom is -0.294 e. The highest BCUT2D eigenvalue weighted by molar-refractivity contribution is 9.10. The summed E-state index contributed by atoms with van der Waals surface area (Å²) in [6, 6.07) is 4.94. The van der Waals surface area contributed by atoms with Crippen molar-refractivity contribution in [2.24, 2.45) is 5.92 Å². The highest BCUT2D eigenvalue weighted by Crippen LogP contribution is 2.28. The summed E-state index contributed by atoms with van der Waals surface area (Å²) in [7, 11) is -3.04. The highest BCUT2D eigenvalue weighted by atomic mass is 79.9. The van der Waals surface area contributed by atoms with Crippen molar-refractivity contribution in [3.63, 3.8) is 0 Å². The molecule has 1 fully saturated rings. The van der Waals surface area contributed by atoms with Crippen LogP contribution in [0, 0.1) is 5.92 Å². The van der Waals surface area contributed by atoms with Crippen LogP contribution in [0.25, 0.3) is 0 Å². The molecule has 0 aromatic heterocycles. The zero-order chi connectivity index (χ0) is 12.6. The molecule has 6 heteroatoms. The molecule has 0 saturated carbocycles. The van der Waals surface area contributed by atoms with Gasteiger partial charge in [0, 0.05) is 21.0 Å². The van der Waals surface area contributed by atoms with Gasteiger partial charge in [-0.15, -0.1) is 0 Å². The first kappa shape index (κ1) is 13.1. The van der Waals surface area contributed by atoms with Crippen LogP contribution in [0.2, 0.25) is 5.02 Å². The summed E-state index contributed by atoms with van der Waals surface area (Å²) >= 11 is 9.11. The molecule has 1 aliphatic rings. The van der Waals surface area contributed by atoms with E-state index in [9.17, 15) is 13.2 Å². The molecule has 1 unspecified atom stereocenters. The van der Waals surface area contributed by atoms with Gasteiger partial charge in [-0.25, -0.2) is 8.42 Å². The number of Topliss-reactive ketones (excluding diaryl/α,β-unsaturated/α-hetero) is 1. The number of carbonyl (C=O) groups excluding carboxylic acids is 1. The Balaban J connectivity index is 2.29. The molecule has 1 aromatic carbocycles. The van der Waals surface area contributed by atoms with Crippen LogP contribution in [-0.2, 0) is 9.84 Å². The van der Waals surface area contributed by atoms with E-state index in [-0.39, 0.29) is 17.3 Å². The van der Waals surface area contributed by atoms with Gasteiger partial charge in [0.15, 0.2) is 15.6 Å². The molecule has 0 N–H and O–H groups in total. The molecule has 2 rings (SSSR count). The molecule has 0 radical (unpaired) electrons. The number of hydrogen-bond donors (Lipinski definition) is 0. The molecule has 92 valence electrons. The summed E-state index contributed by atoms with van der Waals surface area (Å²) < 4.78 is 23.3. The van der Waals surface area contributed by atoms with Gasteiger partial charge in [0.1, 0.15) is 0 Å². The minimum atomic E-state index is -3.04. The smallest absolute Gasteiger partial charge is 0.168 e. The second-order valence-corrected chi connectivity index (χ2v) is 7.61. The van der Waals surface area contributed by atoms with Gasteiger partial charge in [-0.2, -0.15) is 0 Å². The third-order valence-corrected chi connectivity index (χ3v) is 5.49. The summed E-state index contributed by atoms with van der Waals surface area (Å²) in [6.45, 7) is 0. The van der Waals surface area contributed by atoms with Crippen LogP contribution >= 0.6 is 27.5 Å². The molecule has 0 amide bonds. The SMILES string of the molecule is O=C(c1cc(Cl)ccc1Br)C1CCS(=O)(=O)C1. The van der Waals surface area contributed by atoms with E-state index in [0.717, 1.165) is 0 Å². The Kier molecular flexibility index (Phi) is 3.61. The van der Waals surface area contributed by atoms with E-state index >= 15 is 0 Å². The average Bonchev–Trinajstić information content (AvgIpc) is 2.61. The van der Waals surface area contributed by atoms with Gasteiger partial charge in [-0.3, -0.25) is 4.79 Å². The van der Waals surface area contributed by atoms with E-state index < -0.39 is 15.8 Å². The zero-order valence-corrected chi connectivity index (χ0v) is 12.0. The van der Waals surface area contributed by atoms with Gasteiger partial charge in [-0.05, 0) is 24.6 Å². The second kappa shape index (κ2) is 4.71. The van der Waals surface area contributed by atoms with Gasteiger partial charge < -0.3 is 0 Å². The maximum atomic E-state index is 12.2. The highest BCUT2D eigenvalue weighted by Gasteiger charge is 2.34. The number of rotatable bonds is 2. The van der Waals surface area contributed by atoms with E-state index in [1.807, 2.05) is 0 Å². The molecule has 1 heterocycles. The van der Waals surface area contributed by atoms with Crippen molar-refractivity contribution in [2.45, 2.75) is 6.42 Å². The molecule has 0 spiro atoms. The molecule has 1 aromatic rings. The van der Waals surface area contributed by atoms with Gasteiger partial charge in [0.25, 0.3) is 0 Å². The first-order valence-electron chi connectivity index (χ1n) is 5.09. The number of carbonyl (C=O) groups is 1. The van der Waals surface area contributed by atoms with E-state index in [4.69, 9.17) is 11.6 Å². The van der Waals surface area contributed by atoms with Crippen molar-refractivity contribution in [3.8, 4) is 0 Å². The lowest BCUT2D eigenvalue weighted by molar-refractivity contribution is 0.0932. The Morgan fingerprint density at radius 3 is 2.71 bits per heavy atom. The standard InChI is InChI=1S/C11H10BrClO3S/c12-10-2-1-8(13)5-9(10)11(14)7-3-4-17(15,16)6-7/h1-2,5,7H,3-4,6H2. The first-order valence-corrected chi connectivity index (χ1v) is 8.08. The van der Waals surface area contributed by atoms with Crippen LogP contribution in [0.1, 0.15) is 16.8 Å². The predicted octanol–water partition coefficient (Wildman–Crippen LogP) is 2.72. The van der Waals surface area contributed by atoms with E-state index in [2.05, 4.69) is 15.9 Å². The van der Waals surface area contributed by atoms with E-state index in [1.54, 1.807) is 18.2 Å². The summed E-state index contributed by atoms with van der Waals surface area (Å²) in [5.41, 5.74) is 0.458. The maximum Gasteiger partial charge on any atom is 0.168 e. The summed E-state index contributed by atoms with van der Waals surface area (Å²) in [5.74, 6) is -0.540. The molecular formula is C11H10BrClO3S. The number of hydrogen-bond acceptors (Lipinski definition) is 3. The molecule has 0 bridgehead atoms. The van der Waals surface area contributed by atoms with Crippen LogP contribution in [0.3, 0.4) is 0 Å². The summed E-state index contributed by atoms with van der Waals surface area (Å²) in [6.07, 6.45) is 0.403. The lowest BCUT2D eigenvalue weighted by atomic mass is 9.97. The number of benzene rings is 1.